The molecule has 6 heteroatoms. The van der Waals surface area contributed by atoms with Crippen LogP contribution in [0.1, 0.15) is 13.3 Å². The summed E-state index contributed by atoms with van der Waals surface area (Å²) < 4.78 is 0. The quantitative estimate of drug-likeness (QED) is 0.723. The fourth-order valence-electron chi connectivity index (χ4n) is 2.33. The average molecular weight is 236 g/mol. The van der Waals surface area contributed by atoms with Gasteiger partial charge in [0.1, 0.15) is 11.6 Å². The van der Waals surface area contributed by atoms with Crippen molar-refractivity contribution >= 4 is 17.6 Å². The molecule has 2 heterocycles. The van der Waals surface area contributed by atoms with Crippen LogP contribution in [-0.2, 0) is 0 Å². The molecule has 1 atom stereocenters. The highest BCUT2D eigenvalue weighted by atomic mass is 15.3. The zero-order chi connectivity index (χ0) is 12.4. The number of nitrogens with two attached hydrogens (primary N) is 2. The van der Waals surface area contributed by atoms with Crippen molar-refractivity contribution in [3.05, 3.63) is 6.07 Å². The molecule has 2 rings (SSSR count). The lowest BCUT2D eigenvalue weighted by Crippen LogP contribution is -2.38. The predicted molar refractivity (Wildman–Crippen MR) is 69.8 cm³/mol. The highest BCUT2D eigenvalue weighted by Gasteiger charge is 2.21. The summed E-state index contributed by atoms with van der Waals surface area (Å²) in [5.74, 6) is 1.50. The fourth-order valence-corrected chi connectivity index (χ4v) is 2.33. The van der Waals surface area contributed by atoms with Gasteiger partial charge in [-0.15, -0.1) is 0 Å². The summed E-state index contributed by atoms with van der Waals surface area (Å²) in [5.41, 5.74) is 11.3. The summed E-state index contributed by atoms with van der Waals surface area (Å²) in [6, 6.07) is 2.19. The third kappa shape index (κ3) is 2.76. The molecule has 1 aliphatic rings. The molecule has 0 aliphatic carbocycles. The standard InChI is InChI=1S/C11H20N6/c1-8-7-16(2)4-3-5-17(8)10-6-9(12)14-11(13)15-10/h6,8H,3-5,7H2,1-2H3,(H4,12,13,14,15). The Morgan fingerprint density at radius 2 is 2.06 bits per heavy atom. The van der Waals surface area contributed by atoms with Crippen molar-refractivity contribution in [3.63, 3.8) is 0 Å². The van der Waals surface area contributed by atoms with Crippen molar-refractivity contribution in [2.45, 2.75) is 19.4 Å². The van der Waals surface area contributed by atoms with Gasteiger partial charge in [0.15, 0.2) is 0 Å². The molecule has 1 aromatic heterocycles. The molecule has 0 aromatic carbocycles. The van der Waals surface area contributed by atoms with Crippen LogP contribution in [0.4, 0.5) is 17.6 Å². The maximum absolute atomic E-state index is 5.71. The molecular formula is C11H20N6. The monoisotopic (exact) mass is 236 g/mol. The lowest BCUT2D eigenvalue weighted by molar-refractivity contribution is 0.337. The van der Waals surface area contributed by atoms with Crippen LogP contribution in [0.25, 0.3) is 0 Å². The average Bonchev–Trinajstić information content (AvgIpc) is 2.37. The van der Waals surface area contributed by atoms with Gasteiger partial charge in [-0.05, 0) is 26.9 Å². The Hall–Kier alpha value is -1.56. The Balaban J connectivity index is 2.25. The normalized spacial score (nSPS) is 22.5. The minimum atomic E-state index is 0.241. The van der Waals surface area contributed by atoms with Gasteiger partial charge in [0.25, 0.3) is 0 Å². The zero-order valence-electron chi connectivity index (χ0n) is 10.4. The second-order valence-corrected chi connectivity index (χ2v) is 4.67. The summed E-state index contributed by atoms with van der Waals surface area (Å²) in [7, 11) is 2.14. The molecular weight excluding hydrogens is 216 g/mol. The van der Waals surface area contributed by atoms with E-state index in [-0.39, 0.29) is 5.95 Å². The molecule has 4 N–H and O–H groups in total. The van der Waals surface area contributed by atoms with Crippen molar-refractivity contribution in [2.75, 3.05) is 43.0 Å². The van der Waals surface area contributed by atoms with Crippen LogP contribution >= 0.6 is 0 Å². The Morgan fingerprint density at radius 3 is 2.76 bits per heavy atom. The van der Waals surface area contributed by atoms with Gasteiger partial charge in [-0.1, -0.05) is 0 Å². The van der Waals surface area contributed by atoms with Crippen molar-refractivity contribution in [3.8, 4) is 0 Å². The maximum Gasteiger partial charge on any atom is 0.223 e. The van der Waals surface area contributed by atoms with E-state index >= 15 is 0 Å². The summed E-state index contributed by atoms with van der Waals surface area (Å²) in [6.07, 6.45) is 1.12. The lowest BCUT2D eigenvalue weighted by atomic mass is 10.2. The summed E-state index contributed by atoms with van der Waals surface area (Å²) in [5, 5.41) is 0. The van der Waals surface area contributed by atoms with Crippen LogP contribution in [0.2, 0.25) is 0 Å². The molecule has 1 saturated heterocycles. The van der Waals surface area contributed by atoms with E-state index in [4.69, 9.17) is 11.5 Å². The SMILES string of the molecule is CC1CN(C)CCCN1c1cc(N)nc(N)n1. The van der Waals surface area contributed by atoms with Gasteiger partial charge in [0.05, 0.1) is 0 Å². The topological polar surface area (TPSA) is 84.3 Å². The zero-order valence-corrected chi connectivity index (χ0v) is 10.4. The second kappa shape index (κ2) is 4.75. The highest BCUT2D eigenvalue weighted by molar-refractivity contribution is 5.51. The third-order valence-corrected chi connectivity index (χ3v) is 3.09. The highest BCUT2D eigenvalue weighted by Crippen LogP contribution is 2.20. The molecule has 0 radical (unpaired) electrons. The van der Waals surface area contributed by atoms with Crippen molar-refractivity contribution in [1.29, 1.82) is 0 Å². The number of likely N-dealkylation sites (N-methyl/N-ethyl adjacent to an activating group) is 1. The molecule has 0 spiro atoms. The number of hydrogen-bond donors (Lipinski definition) is 2. The molecule has 6 nitrogen and oxygen atoms in total. The van der Waals surface area contributed by atoms with E-state index in [0.717, 1.165) is 31.9 Å². The van der Waals surface area contributed by atoms with Gasteiger partial charge in [-0.3, -0.25) is 0 Å². The largest absolute Gasteiger partial charge is 0.383 e. The number of rotatable bonds is 1. The Bertz CT molecular complexity index is 373. The lowest BCUT2D eigenvalue weighted by Gasteiger charge is -2.29. The maximum atomic E-state index is 5.71. The first-order chi connectivity index (χ1) is 8.06. The van der Waals surface area contributed by atoms with E-state index in [1.807, 2.05) is 0 Å². The van der Waals surface area contributed by atoms with Crippen LogP contribution in [-0.4, -0.2) is 47.6 Å². The number of hydrogen-bond acceptors (Lipinski definition) is 6. The summed E-state index contributed by atoms with van der Waals surface area (Å²) in [6.45, 7) is 5.29. The fraction of sp³-hybridized carbons (Fsp3) is 0.636. The predicted octanol–water partition coefficient (Wildman–Crippen LogP) is 0.171. The molecule has 94 valence electrons. The minimum Gasteiger partial charge on any atom is -0.383 e. The first-order valence-electron chi connectivity index (χ1n) is 5.91. The smallest absolute Gasteiger partial charge is 0.223 e. The molecule has 1 aliphatic heterocycles. The summed E-state index contributed by atoms with van der Waals surface area (Å²) >= 11 is 0. The molecule has 1 aromatic rings. The van der Waals surface area contributed by atoms with Gasteiger partial charge >= 0.3 is 0 Å². The Kier molecular flexibility index (Phi) is 3.33. The van der Waals surface area contributed by atoms with Gasteiger partial charge in [-0.25, -0.2) is 0 Å². The first kappa shape index (κ1) is 11.9. The molecule has 1 fully saturated rings. The molecule has 17 heavy (non-hydrogen) atoms. The van der Waals surface area contributed by atoms with E-state index in [1.54, 1.807) is 6.07 Å². The van der Waals surface area contributed by atoms with E-state index in [2.05, 4.69) is 33.7 Å². The van der Waals surface area contributed by atoms with Gasteiger partial charge in [0.2, 0.25) is 5.95 Å². The first-order valence-corrected chi connectivity index (χ1v) is 5.91. The number of nitrogens with zero attached hydrogens (tertiary/aromatic N) is 4. The van der Waals surface area contributed by atoms with E-state index < -0.39 is 0 Å². The van der Waals surface area contributed by atoms with E-state index in [0.29, 0.717) is 11.9 Å². The van der Waals surface area contributed by atoms with Crippen LogP contribution in [0.3, 0.4) is 0 Å². The van der Waals surface area contributed by atoms with Gasteiger partial charge < -0.3 is 21.3 Å². The number of nitrogen functional groups attached to an aromatic ring is 2. The molecule has 0 saturated carbocycles. The van der Waals surface area contributed by atoms with Crippen LogP contribution < -0.4 is 16.4 Å². The Morgan fingerprint density at radius 1 is 1.29 bits per heavy atom. The van der Waals surface area contributed by atoms with Crippen LogP contribution in [0.5, 0.6) is 0 Å². The van der Waals surface area contributed by atoms with Crippen molar-refractivity contribution in [1.82, 2.24) is 14.9 Å². The van der Waals surface area contributed by atoms with Crippen LogP contribution in [0.15, 0.2) is 6.07 Å². The van der Waals surface area contributed by atoms with Crippen molar-refractivity contribution < 1.29 is 0 Å². The van der Waals surface area contributed by atoms with Gasteiger partial charge in [-0.2, -0.15) is 9.97 Å². The van der Waals surface area contributed by atoms with E-state index in [1.165, 1.54) is 0 Å². The van der Waals surface area contributed by atoms with Crippen LogP contribution in [0, 0.1) is 0 Å². The summed E-state index contributed by atoms with van der Waals surface area (Å²) in [4.78, 5) is 12.7. The Labute approximate surface area is 102 Å². The molecule has 1 unspecified atom stereocenters. The second-order valence-electron chi connectivity index (χ2n) is 4.67. The van der Waals surface area contributed by atoms with Crippen molar-refractivity contribution in [2.24, 2.45) is 0 Å². The van der Waals surface area contributed by atoms with E-state index in [9.17, 15) is 0 Å². The number of anilines is 3. The number of aromatic nitrogens is 2. The van der Waals surface area contributed by atoms with Gasteiger partial charge in [0, 0.05) is 25.2 Å². The molecule has 0 bridgehead atoms. The minimum absolute atomic E-state index is 0.241. The molecule has 0 amide bonds. The third-order valence-electron chi connectivity index (χ3n) is 3.09.